The lowest BCUT2D eigenvalue weighted by Crippen LogP contribution is -2.51. The lowest BCUT2D eigenvalue weighted by atomic mass is 9.73. The number of aliphatic hydroxyl groups is 4. The third-order valence-electron chi connectivity index (χ3n) is 5.51. The Morgan fingerprint density at radius 1 is 1.00 bits per heavy atom. The van der Waals surface area contributed by atoms with Crippen LogP contribution in [-0.2, 0) is 6.42 Å². The Hall–Kier alpha value is -1.63. The van der Waals surface area contributed by atoms with Crippen LogP contribution in [0.5, 0.6) is 5.75 Å². The summed E-state index contributed by atoms with van der Waals surface area (Å²) in [5.74, 6) is -0.0421. The molecule has 28 heavy (non-hydrogen) atoms. The van der Waals surface area contributed by atoms with Crippen LogP contribution < -0.4 is 4.74 Å². The molecule has 1 aliphatic rings. The number of benzene rings is 2. The summed E-state index contributed by atoms with van der Waals surface area (Å²) >= 11 is 6.39. The maximum Gasteiger partial charge on any atom is 0.119 e. The molecule has 0 spiro atoms. The number of hydrogen-bond donors (Lipinski definition) is 4. The van der Waals surface area contributed by atoms with Gasteiger partial charge in [0, 0.05) is 23.5 Å². The number of aliphatic hydroxyl groups excluding tert-OH is 4. The predicted molar refractivity (Wildman–Crippen MR) is 108 cm³/mol. The molecule has 2 aromatic carbocycles. The first-order valence-electron chi connectivity index (χ1n) is 9.59. The average molecular weight is 407 g/mol. The fourth-order valence-electron chi connectivity index (χ4n) is 3.89. The van der Waals surface area contributed by atoms with Crippen LogP contribution >= 0.6 is 11.6 Å². The van der Waals surface area contributed by atoms with E-state index in [9.17, 15) is 20.4 Å². The topological polar surface area (TPSA) is 90.2 Å². The summed E-state index contributed by atoms with van der Waals surface area (Å²) in [5.41, 5.74) is 2.83. The quantitative estimate of drug-likeness (QED) is 0.591. The predicted octanol–water partition coefficient (Wildman–Crippen LogP) is 2.51. The van der Waals surface area contributed by atoms with Crippen molar-refractivity contribution in [2.75, 3.05) is 13.2 Å². The van der Waals surface area contributed by atoms with E-state index in [0.29, 0.717) is 24.5 Å². The largest absolute Gasteiger partial charge is 0.494 e. The van der Waals surface area contributed by atoms with Crippen molar-refractivity contribution < 1.29 is 25.2 Å². The Labute approximate surface area is 170 Å². The second kappa shape index (κ2) is 9.25. The molecule has 1 fully saturated rings. The highest BCUT2D eigenvalue weighted by Gasteiger charge is 2.42. The van der Waals surface area contributed by atoms with E-state index in [1.165, 1.54) is 0 Å². The number of rotatable bonds is 6. The van der Waals surface area contributed by atoms with E-state index in [1.807, 2.05) is 43.3 Å². The van der Waals surface area contributed by atoms with E-state index in [-0.39, 0.29) is 12.5 Å². The van der Waals surface area contributed by atoms with Crippen molar-refractivity contribution in [2.24, 2.45) is 5.92 Å². The maximum atomic E-state index is 10.5. The minimum absolute atomic E-state index is 0.242. The van der Waals surface area contributed by atoms with Gasteiger partial charge in [0.1, 0.15) is 11.9 Å². The van der Waals surface area contributed by atoms with E-state index in [4.69, 9.17) is 16.3 Å². The molecule has 0 aromatic heterocycles. The molecule has 5 nitrogen and oxygen atoms in total. The zero-order valence-electron chi connectivity index (χ0n) is 15.8. The molecular formula is C22H27ClO5. The Bertz CT molecular complexity index is 777. The highest BCUT2D eigenvalue weighted by Crippen LogP contribution is 2.38. The molecule has 0 radical (unpaired) electrons. The molecule has 0 amide bonds. The Kier molecular flexibility index (Phi) is 6.96. The number of halogens is 1. The molecule has 4 N–H and O–H groups in total. The molecule has 1 aliphatic carbocycles. The van der Waals surface area contributed by atoms with Gasteiger partial charge in [-0.15, -0.1) is 0 Å². The summed E-state index contributed by atoms with van der Waals surface area (Å²) in [4.78, 5) is 0. The van der Waals surface area contributed by atoms with Crippen molar-refractivity contribution in [2.45, 2.75) is 44.0 Å². The lowest BCUT2D eigenvalue weighted by molar-refractivity contribution is -0.127. The van der Waals surface area contributed by atoms with Crippen LogP contribution in [-0.4, -0.2) is 52.0 Å². The number of hydrogen-bond acceptors (Lipinski definition) is 5. The molecule has 0 saturated heterocycles. The van der Waals surface area contributed by atoms with Gasteiger partial charge in [0.25, 0.3) is 0 Å². The molecule has 0 aliphatic heterocycles. The second-order valence-corrected chi connectivity index (χ2v) is 7.77. The van der Waals surface area contributed by atoms with Crippen LogP contribution in [0.1, 0.15) is 36.0 Å². The first-order valence-corrected chi connectivity index (χ1v) is 9.97. The van der Waals surface area contributed by atoms with Gasteiger partial charge in [-0.05, 0) is 54.7 Å². The van der Waals surface area contributed by atoms with Gasteiger partial charge in [0.15, 0.2) is 0 Å². The minimum Gasteiger partial charge on any atom is -0.494 e. The molecule has 2 unspecified atom stereocenters. The van der Waals surface area contributed by atoms with E-state index < -0.39 is 24.2 Å². The van der Waals surface area contributed by atoms with Crippen LogP contribution in [0.4, 0.5) is 0 Å². The second-order valence-electron chi connectivity index (χ2n) is 7.36. The van der Waals surface area contributed by atoms with Gasteiger partial charge in [-0.3, -0.25) is 0 Å². The molecular weight excluding hydrogens is 380 g/mol. The zero-order valence-corrected chi connectivity index (χ0v) is 16.6. The van der Waals surface area contributed by atoms with Crippen LogP contribution in [0, 0.1) is 5.92 Å². The van der Waals surface area contributed by atoms with Gasteiger partial charge in [-0.1, -0.05) is 35.9 Å². The third kappa shape index (κ3) is 4.50. The van der Waals surface area contributed by atoms with E-state index in [2.05, 4.69) is 0 Å². The van der Waals surface area contributed by atoms with Crippen LogP contribution in [0.15, 0.2) is 42.5 Å². The first kappa shape index (κ1) is 21.1. The summed E-state index contributed by atoms with van der Waals surface area (Å²) in [6.45, 7) is 2.32. The first-order chi connectivity index (χ1) is 13.4. The summed E-state index contributed by atoms with van der Waals surface area (Å²) in [6.07, 6.45) is -2.51. The fraction of sp³-hybridized carbons (Fsp3) is 0.455. The van der Waals surface area contributed by atoms with Gasteiger partial charge < -0.3 is 25.2 Å². The smallest absolute Gasteiger partial charge is 0.119 e. The molecule has 3 rings (SSSR count). The van der Waals surface area contributed by atoms with Crippen LogP contribution in [0.25, 0.3) is 0 Å². The van der Waals surface area contributed by atoms with Gasteiger partial charge >= 0.3 is 0 Å². The fourth-order valence-corrected chi connectivity index (χ4v) is 4.07. The van der Waals surface area contributed by atoms with Gasteiger partial charge in [0.2, 0.25) is 0 Å². The van der Waals surface area contributed by atoms with Crippen molar-refractivity contribution >= 4 is 11.6 Å². The standard InChI is InChI=1S/C22H27ClO5/c1-2-28-17-6-3-13(4-7-17)9-15-10-14(5-8-19(15)23)18-11-16(12-24)20(25)22(27)21(18)26/h3-8,10,16,18,20-22,24-27H,2,9,11-12H2,1H3/t16?,18-,20+,21?,22-/m0/s1. The Balaban J connectivity index is 1.82. The highest BCUT2D eigenvalue weighted by atomic mass is 35.5. The molecule has 152 valence electrons. The SMILES string of the molecule is CCOc1ccc(Cc2cc([C@@H]3CC(CO)[C@@H](O)[C@H](O)C3O)ccc2Cl)cc1. The molecule has 6 heteroatoms. The van der Waals surface area contributed by atoms with Crippen LogP contribution in [0.2, 0.25) is 5.02 Å². The molecule has 0 bridgehead atoms. The van der Waals surface area contributed by atoms with Crippen molar-refractivity contribution in [3.8, 4) is 5.75 Å². The Morgan fingerprint density at radius 2 is 1.71 bits per heavy atom. The zero-order chi connectivity index (χ0) is 20.3. The minimum atomic E-state index is -1.29. The molecule has 1 saturated carbocycles. The average Bonchev–Trinajstić information content (AvgIpc) is 2.70. The normalized spacial score (nSPS) is 27.6. The molecule has 5 atom stereocenters. The Morgan fingerprint density at radius 3 is 2.36 bits per heavy atom. The number of ether oxygens (including phenoxy) is 1. The third-order valence-corrected chi connectivity index (χ3v) is 5.88. The van der Waals surface area contributed by atoms with E-state index in [1.54, 1.807) is 6.07 Å². The lowest BCUT2D eigenvalue weighted by Gasteiger charge is -2.40. The van der Waals surface area contributed by atoms with Crippen LogP contribution in [0.3, 0.4) is 0 Å². The van der Waals surface area contributed by atoms with Crippen molar-refractivity contribution in [3.63, 3.8) is 0 Å². The summed E-state index contributed by atoms with van der Waals surface area (Å²) in [6, 6.07) is 13.4. The monoisotopic (exact) mass is 406 g/mol. The van der Waals surface area contributed by atoms with Crippen molar-refractivity contribution in [3.05, 3.63) is 64.2 Å². The van der Waals surface area contributed by atoms with Crippen molar-refractivity contribution in [1.82, 2.24) is 0 Å². The summed E-state index contributed by atoms with van der Waals surface area (Å²) < 4.78 is 5.47. The van der Waals surface area contributed by atoms with Gasteiger partial charge in [0.05, 0.1) is 18.8 Å². The summed E-state index contributed by atoms with van der Waals surface area (Å²) in [5, 5.41) is 40.8. The molecule has 0 heterocycles. The maximum absolute atomic E-state index is 10.5. The molecule has 2 aromatic rings. The highest BCUT2D eigenvalue weighted by molar-refractivity contribution is 6.31. The van der Waals surface area contributed by atoms with Gasteiger partial charge in [-0.25, -0.2) is 0 Å². The van der Waals surface area contributed by atoms with Crippen molar-refractivity contribution in [1.29, 1.82) is 0 Å². The van der Waals surface area contributed by atoms with E-state index >= 15 is 0 Å². The summed E-state index contributed by atoms with van der Waals surface area (Å²) in [7, 11) is 0. The van der Waals surface area contributed by atoms with Gasteiger partial charge in [-0.2, -0.15) is 0 Å². The van der Waals surface area contributed by atoms with E-state index in [0.717, 1.165) is 22.4 Å².